The fraction of sp³-hybridized carbons (Fsp3) is 1.00. The van der Waals surface area contributed by atoms with Gasteiger partial charge in [-0.05, 0) is 73.0 Å². The van der Waals surface area contributed by atoms with Gasteiger partial charge in [-0.25, -0.2) is 0 Å². The van der Waals surface area contributed by atoms with E-state index in [0.717, 1.165) is 44.9 Å². The first-order chi connectivity index (χ1) is 10.6. The maximum Gasteiger partial charge on any atom is 0.0824 e. The first-order valence-corrected chi connectivity index (χ1v) is 9.60. The van der Waals surface area contributed by atoms with Crippen LogP contribution in [0, 0.1) is 28.1 Å². The molecular weight excluding hydrogens is 288 g/mol. The topological polar surface area (TPSA) is 60.7 Å². The fourth-order valence-electron chi connectivity index (χ4n) is 6.53. The Morgan fingerprint density at radius 1 is 1.00 bits per heavy atom. The number of aliphatic hydroxyl groups is 3. The molecule has 6 atom stereocenters. The van der Waals surface area contributed by atoms with Crippen molar-refractivity contribution in [1.29, 1.82) is 0 Å². The standard InChI is InChI=1S/C20H36O3/c1-17(2)8-5-6-15-19(4)11-10-18(3,16(22)13-21)12-14(19)7-9-20(15,17)23/h14-16,21-23H,5-13H2,1-4H3/t14-,15+,16+,18-,19-,20-/m1/s1. The lowest BCUT2D eigenvalue weighted by atomic mass is 9.41. The molecule has 0 aliphatic heterocycles. The van der Waals surface area contributed by atoms with Gasteiger partial charge in [0.1, 0.15) is 0 Å². The van der Waals surface area contributed by atoms with Crippen molar-refractivity contribution in [3.8, 4) is 0 Å². The summed E-state index contributed by atoms with van der Waals surface area (Å²) in [5.74, 6) is 0.940. The highest BCUT2D eigenvalue weighted by Crippen LogP contribution is 2.66. The second kappa shape index (κ2) is 5.44. The van der Waals surface area contributed by atoms with Crippen molar-refractivity contribution in [3.05, 3.63) is 0 Å². The molecule has 3 rings (SSSR count). The summed E-state index contributed by atoms with van der Waals surface area (Å²) in [5, 5.41) is 31.3. The number of hydrogen-bond donors (Lipinski definition) is 3. The molecular formula is C20H36O3. The van der Waals surface area contributed by atoms with Crippen LogP contribution in [0.3, 0.4) is 0 Å². The third kappa shape index (κ3) is 2.41. The van der Waals surface area contributed by atoms with Crippen LogP contribution in [0.2, 0.25) is 0 Å². The van der Waals surface area contributed by atoms with Crippen LogP contribution in [0.1, 0.15) is 79.1 Å². The highest BCUT2D eigenvalue weighted by Gasteiger charge is 2.63. The van der Waals surface area contributed by atoms with E-state index in [-0.39, 0.29) is 22.9 Å². The molecule has 0 bridgehead atoms. The minimum atomic E-state index is -0.615. The largest absolute Gasteiger partial charge is 0.394 e. The average molecular weight is 325 g/mol. The van der Waals surface area contributed by atoms with Gasteiger partial charge in [0.2, 0.25) is 0 Å². The quantitative estimate of drug-likeness (QED) is 0.728. The van der Waals surface area contributed by atoms with Crippen LogP contribution in [-0.4, -0.2) is 33.6 Å². The predicted molar refractivity (Wildman–Crippen MR) is 92.0 cm³/mol. The summed E-state index contributed by atoms with van der Waals surface area (Å²) >= 11 is 0. The third-order valence-electron chi connectivity index (χ3n) is 8.57. The maximum absolute atomic E-state index is 11.6. The van der Waals surface area contributed by atoms with Gasteiger partial charge in [-0.1, -0.05) is 34.1 Å². The minimum Gasteiger partial charge on any atom is -0.394 e. The Balaban J connectivity index is 1.89. The van der Waals surface area contributed by atoms with Gasteiger partial charge >= 0.3 is 0 Å². The van der Waals surface area contributed by atoms with Gasteiger partial charge in [0, 0.05) is 0 Å². The van der Waals surface area contributed by atoms with E-state index >= 15 is 0 Å². The van der Waals surface area contributed by atoms with Crippen molar-refractivity contribution in [2.45, 2.75) is 90.8 Å². The molecule has 0 heterocycles. The molecule has 3 heteroatoms. The summed E-state index contributed by atoms with van der Waals surface area (Å²) in [6.45, 7) is 8.91. The van der Waals surface area contributed by atoms with Crippen molar-refractivity contribution in [3.63, 3.8) is 0 Å². The summed E-state index contributed by atoms with van der Waals surface area (Å²) < 4.78 is 0. The highest BCUT2D eigenvalue weighted by molar-refractivity contribution is 5.13. The Bertz CT molecular complexity index is 462. The Morgan fingerprint density at radius 2 is 1.70 bits per heavy atom. The van der Waals surface area contributed by atoms with Crippen molar-refractivity contribution in [2.24, 2.45) is 28.1 Å². The first kappa shape index (κ1) is 17.7. The molecule has 0 amide bonds. The molecule has 3 nitrogen and oxygen atoms in total. The molecule has 3 N–H and O–H groups in total. The second-order valence-electron chi connectivity index (χ2n) is 10.1. The summed E-state index contributed by atoms with van der Waals surface area (Å²) in [7, 11) is 0. The van der Waals surface area contributed by atoms with Crippen LogP contribution in [0.15, 0.2) is 0 Å². The Hall–Kier alpha value is -0.120. The molecule has 23 heavy (non-hydrogen) atoms. The van der Waals surface area contributed by atoms with Crippen LogP contribution in [0.4, 0.5) is 0 Å². The average Bonchev–Trinajstić information content (AvgIpc) is 2.49. The van der Waals surface area contributed by atoms with E-state index in [1.54, 1.807) is 0 Å². The predicted octanol–water partition coefficient (Wildman–Crippen LogP) is 3.50. The van der Waals surface area contributed by atoms with Crippen LogP contribution in [-0.2, 0) is 0 Å². The number of hydrogen-bond acceptors (Lipinski definition) is 3. The van der Waals surface area contributed by atoms with Crippen LogP contribution < -0.4 is 0 Å². The molecule has 0 aromatic carbocycles. The van der Waals surface area contributed by atoms with Gasteiger partial charge in [0.05, 0.1) is 18.3 Å². The lowest BCUT2D eigenvalue weighted by molar-refractivity contribution is -0.231. The lowest BCUT2D eigenvalue weighted by Gasteiger charge is -2.65. The van der Waals surface area contributed by atoms with Crippen molar-refractivity contribution >= 4 is 0 Å². The number of aliphatic hydroxyl groups excluding tert-OH is 2. The third-order valence-corrected chi connectivity index (χ3v) is 8.57. The van der Waals surface area contributed by atoms with Crippen molar-refractivity contribution in [1.82, 2.24) is 0 Å². The monoisotopic (exact) mass is 324 g/mol. The number of fused-ring (bicyclic) bond motifs is 3. The van der Waals surface area contributed by atoms with E-state index in [9.17, 15) is 15.3 Å². The summed E-state index contributed by atoms with van der Waals surface area (Å²) in [4.78, 5) is 0. The first-order valence-electron chi connectivity index (χ1n) is 9.60. The Kier molecular flexibility index (Phi) is 4.18. The van der Waals surface area contributed by atoms with Crippen LogP contribution in [0.25, 0.3) is 0 Å². The van der Waals surface area contributed by atoms with Gasteiger partial charge in [-0.2, -0.15) is 0 Å². The minimum absolute atomic E-state index is 0.00919. The van der Waals surface area contributed by atoms with Crippen molar-refractivity contribution < 1.29 is 15.3 Å². The zero-order chi connectivity index (χ0) is 17.1. The normalized spacial score (nSPS) is 50.7. The van der Waals surface area contributed by atoms with Crippen molar-refractivity contribution in [2.75, 3.05) is 6.61 Å². The summed E-state index contributed by atoms with van der Waals surface area (Å²) in [5.41, 5.74) is -0.507. The van der Waals surface area contributed by atoms with E-state index in [4.69, 9.17) is 0 Å². The molecule has 0 saturated heterocycles. The van der Waals surface area contributed by atoms with E-state index < -0.39 is 11.7 Å². The van der Waals surface area contributed by atoms with Gasteiger partial charge in [0.25, 0.3) is 0 Å². The second-order valence-corrected chi connectivity index (χ2v) is 10.1. The molecule has 3 aliphatic carbocycles. The SMILES string of the molecule is CC1(C)CCC[C@H]2[C@]3(C)CC[C@@](C)([C@@H](O)CO)C[C@H]3CC[C@@]21O. The van der Waals surface area contributed by atoms with E-state index in [2.05, 4.69) is 27.7 Å². The van der Waals surface area contributed by atoms with Crippen LogP contribution in [0.5, 0.6) is 0 Å². The fourth-order valence-corrected chi connectivity index (χ4v) is 6.53. The zero-order valence-electron chi connectivity index (χ0n) is 15.4. The molecule has 0 radical (unpaired) electrons. The Labute approximate surface area is 141 Å². The highest BCUT2D eigenvalue weighted by atomic mass is 16.3. The smallest absolute Gasteiger partial charge is 0.0824 e. The van der Waals surface area contributed by atoms with E-state index in [1.807, 2.05) is 0 Å². The number of rotatable bonds is 2. The van der Waals surface area contributed by atoms with Gasteiger partial charge < -0.3 is 15.3 Å². The van der Waals surface area contributed by atoms with E-state index in [0.29, 0.717) is 11.8 Å². The summed E-state index contributed by atoms with van der Waals surface area (Å²) in [6, 6.07) is 0. The molecule has 134 valence electrons. The molecule has 0 unspecified atom stereocenters. The maximum atomic E-state index is 11.6. The van der Waals surface area contributed by atoms with Gasteiger partial charge in [-0.3, -0.25) is 0 Å². The molecule has 3 aliphatic rings. The Morgan fingerprint density at radius 3 is 2.35 bits per heavy atom. The van der Waals surface area contributed by atoms with Crippen LogP contribution >= 0.6 is 0 Å². The molecule has 0 aromatic heterocycles. The molecule has 0 spiro atoms. The molecule has 0 aromatic rings. The summed E-state index contributed by atoms with van der Waals surface area (Å²) in [6.07, 6.45) is 7.83. The van der Waals surface area contributed by atoms with Gasteiger partial charge in [0.15, 0.2) is 0 Å². The zero-order valence-corrected chi connectivity index (χ0v) is 15.4. The van der Waals surface area contributed by atoms with Gasteiger partial charge in [-0.15, -0.1) is 0 Å². The van der Waals surface area contributed by atoms with E-state index in [1.165, 1.54) is 6.42 Å². The lowest BCUT2D eigenvalue weighted by Crippen LogP contribution is -2.64. The molecule has 3 fully saturated rings. The molecule has 3 saturated carbocycles.